The van der Waals surface area contributed by atoms with Gasteiger partial charge in [-0.25, -0.2) is 4.79 Å². The summed E-state index contributed by atoms with van der Waals surface area (Å²) >= 11 is 12.2. The number of rotatable bonds is 3. The van der Waals surface area contributed by atoms with E-state index in [1.165, 1.54) is 0 Å². The number of fused-ring (bicyclic) bond motifs is 1. The molecule has 2 aromatic carbocycles. The molecule has 0 fully saturated rings. The van der Waals surface area contributed by atoms with Crippen LogP contribution in [-0.2, 0) is 11.3 Å². The number of aliphatic carboxylic acids is 1. The summed E-state index contributed by atoms with van der Waals surface area (Å²) in [5.41, 5.74) is 3.06. The van der Waals surface area contributed by atoms with E-state index in [0.717, 1.165) is 35.9 Å². The van der Waals surface area contributed by atoms with Crippen LogP contribution < -0.4 is 0 Å². The van der Waals surface area contributed by atoms with Gasteiger partial charge >= 0.3 is 12.1 Å². The first-order chi connectivity index (χ1) is 15.1. The maximum atomic E-state index is 10.6. The normalized spacial score (nSPS) is 15.5. The molecule has 0 aromatic heterocycles. The average Bonchev–Trinajstić information content (AvgIpc) is 3.19. The summed E-state index contributed by atoms with van der Waals surface area (Å²) in [5, 5.41) is 16.8. The molecule has 2 aliphatic heterocycles. The van der Waals surface area contributed by atoms with Crippen LogP contribution in [0.2, 0.25) is 10.0 Å². The van der Waals surface area contributed by atoms with E-state index in [-0.39, 0.29) is 0 Å². The highest BCUT2D eigenvalue weighted by Gasteiger charge is 2.38. The van der Waals surface area contributed by atoms with Crippen LogP contribution in [0.15, 0.2) is 59.6 Å². The van der Waals surface area contributed by atoms with Crippen molar-refractivity contribution in [2.75, 3.05) is 13.1 Å². The number of amidine groups is 1. The highest BCUT2D eigenvalue weighted by molar-refractivity contribution is 6.34. The highest BCUT2D eigenvalue weighted by atomic mass is 35.5. The summed E-state index contributed by atoms with van der Waals surface area (Å²) in [7, 11) is 0. The molecule has 2 heterocycles. The Morgan fingerprint density at radius 1 is 1.12 bits per heavy atom. The summed E-state index contributed by atoms with van der Waals surface area (Å²) in [6.07, 6.45) is -3.19. The fraction of sp³-hybridized carbons (Fsp3) is 0.190. The van der Waals surface area contributed by atoms with Crippen LogP contribution in [-0.4, -0.2) is 51.9 Å². The van der Waals surface area contributed by atoms with Crippen LogP contribution in [0, 0.1) is 5.41 Å². The SMILES string of the molecule is N=C1C=C(c2ccccc2)N2CCN=C2N1Cc1cc(Cl)cc(Cl)c1.O=C(O)C(F)(F)F. The summed E-state index contributed by atoms with van der Waals surface area (Å²) in [5.74, 6) is -1.54. The molecular weight excluding hydrogens is 468 g/mol. The van der Waals surface area contributed by atoms with Gasteiger partial charge in [0, 0.05) is 22.7 Å². The van der Waals surface area contributed by atoms with Gasteiger partial charge in [-0.3, -0.25) is 15.3 Å². The second kappa shape index (κ2) is 9.62. The van der Waals surface area contributed by atoms with Crippen molar-refractivity contribution in [1.29, 1.82) is 5.41 Å². The standard InChI is InChI=1S/C19H16Cl2N4.C2HF3O2/c20-15-8-13(9-16(21)10-15)12-25-18(22)11-17(14-4-2-1-3-5-14)24-7-6-23-19(24)25;3-2(4,5)1(6)7/h1-5,8-11,22H,6-7,12H2;(H,6,7). The number of hydrogen-bond acceptors (Lipinski definition) is 4. The van der Waals surface area contributed by atoms with Crippen molar-refractivity contribution in [2.45, 2.75) is 12.7 Å². The maximum Gasteiger partial charge on any atom is 0.490 e. The molecular formula is C21H17Cl2F3N4O2. The van der Waals surface area contributed by atoms with E-state index < -0.39 is 12.1 Å². The van der Waals surface area contributed by atoms with Crippen molar-refractivity contribution in [2.24, 2.45) is 4.99 Å². The molecule has 2 aromatic rings. The Labute approximate surface area is 191 Å². The molecule has 0 saturated heterocycles. The maximum absolute atomic E-state index is 10.6. The van der Waals surface area contributed by atoms with Gasteiger partial charge in [-0.15, -0.1) is 0 Å². The third kappa shape index (κ3) is 5.60. The number of halogens is 5. The largest absolute Gasteiger partial charge is 0.490 e. The number of hydrogen-bond donors (Lipinski definition) is 2. The first-order valence-corrected chi connectivity index (χ1v) is 10.0. The van der Waals surface area contributed by atoms with Gasteiger partial charge in [0.1, 0.15) is 5.84 Å². The number of alkyl halides is 3. The molecule has 32 heavy (non-hydrogen) atoms. The number of guanidine groups is 1. The topological polar surface area (TPSA) is 80.0 Å². The van der Waals surface area contributed by atoms with Gasteiger partial charge in [0.05, 0.1) is 18.8 Å². The van der Waals surface area contributed by atoms with Crippen LogP contribution in [0.3, 0.4) is 0 Å². The van der Waals surface area contributed by atoms with Gasteiger partial charge < -0.3 is 10.0 Å². The Morgan fingerprint density at radius 2 is 1.72 bits per heavy atom. The number of benzene rings is 2. The molecule has 0 atom stereocenters. The molecule has 168 valence electrons. The molecule has 2 aliphatic rings. The Morgan fingerprint density at radius 3 is 2.28 bits per heavy atom. The molecule has 11 heteroatoms. The van der Waals surface area contributed by atoms with E-state index in [2.05, 4.69) is 22.0 Å². The van der Waals surface area contributed by atoms with E-state index in [9.17, 15) is 13.2 Å². The molecule has 0 spiro atoms. The first kappa shape index (κ1) is 23.6. The molecule has 0 saturated carbocycles. The van der Waals surface area contributed by atoms with Crippen molar-refractivity contribution >= 4 is 46.7 Å². The van der Waals surface area contributed by atoms with Crippen molar-refractivity contribution in [3.63, 3.8) is 0 Å². The zero-order valence-corrected chi connectivity index (χ0v) is 17.9. The summed E-state index contributed by atoms with van der Waals surface area (Å²) < 4.78 is 31.7. The highest BCUT2D eigenvalue weighted by Crippen LogP contribution is 2.29. The van der Waals surface area contributed by atoms with Gasteiger partial charge in [-0.1, -0.05) is 53.5 Å². The van der Waals surface area contributed by atoms with E-state index in [1.807, 2.05) is 41.3 Å². The Bertz CT molecular complexity index is 1070. The molecule has 0 bridgehead atoms. The van der Waals surface area contributed by atoms with Gasteiger partial charge in [-0.2, -0.15) is 13.2 Å². The van der Waals surface area contributed by atoms with Gasteiger partial charge in [0.25, 0.3) is 0 Å². The second-order valence-corrected chi connectivity index (χ2v) is 7.65. The predicted octanol–water partition coefficient (Wildman–Crippen LogP) is 5.13. The van der Waals surface area contributed by atoms with Gasteiger partial charge in [0.2, 0.25) is 5.96 Å². The lowest BCUT2D eigenvalue weighted by Gasteiger charge is -2.36. The minimum absolute atomic E-state index is 0.409. The van der Waals surface area contributed by atoms with E-state index >= 15 is 0 Å². The number of aliphatic imine (C=N–C) groups is 1. The summed E-state index contributed by atoms with van der Waals surface area (Å²) in [4.78, 5) is 17.6. The van der Waals surface area contributed by atoms with Gasteiger partial charge in [0.15, 0.2) is 0 Å². The molecule has 0 aliphatic carbocycles. The van der Waals surface area contributed by atoms with E-state index in [4.69, 9.17) is 38.5 Å². The van der Waals surface area contributed by atoms with Crippen LogP contribution in [0.4, 0.5) is 13.2 Å². The first-order valence-electron chi connectivity index (χ1n) is 9.26. The molecule has 4 rings (SSSR count). The van der Waals surface area contributed by atoms with Gasteiger partial charge in [-0.05, 0) is 29.3 Å². The molecule has 6 nitrogen and oxygen atoms in total. The summed E-state index contributed by atoms with van der Waals surface area (Å²) in [6.45, 7) is 2.04. The van der Waals surface area contributed by atoms with Crippen LogP contribution in [0.1, 0.15) is 11.1 Å². The van der Waals surface area contributed by atoms with E-state index in [0.29, 0.717) is 22.4 Å². The second-order valence-electron chi connectivity index (χ2n) is 6.78. The van der Waals surface area contributed by atoms with Crippen molar-refractivity contribution in [1.82, 2.24) is 9.80 Å². The third-order valence-electron chi connectivity index (χ3n) is 4.49. The fourth-order valence-corrected chi connectivity index (χ4v) is 3.75. The van der Waals surface area contributed by atoms with Crippen molar-refractivity contribution in [3.8, 4) is 0 Å². The summed E-state index contributed by atoms with van der Waals surface area (Å²) in [6, 6.07) is 15.6. The Kier molecular flexibility index (Phi) is 7.10. The molecule has 2 N–H and O–H groups in total. The number of nitrogens with zero attached hydrogens (tertiary/aromatic N) is 3. The number of carboxylic acid groups (broad SMARTS) is 1. The predicted molar refractivity (Wildman–Crippen MR) is 117 cm³/mol. The number of carbonyl (C=O) groups is 1. The number of carboxylic acids is 1. The zero-order chi connectivity index (χ0) is 23.5. The molecule has 0 amide bonds. The Hall–Kier alpha value is -3.04. The molecule has 0 radical (unpaired) electrons. The lowest BCUT2D eigenvalue weighted by molar-refractivity contribution is -0.192. The van der Waals surface area contributed by atoms with Crippen LogP contribution in [0.25, 0.3) is 5.70 Å². The lowest BCUT2D eigenvalue weighted by atomic mass is 10.1. The number of nitrogens with one attached hydrogen (secondary N) is 1. The smallest absolute Gasteiger partial charge is 0.475 e. The lowest BCUT2D eigenvalue weighted by Crippen LogP contribution is -2.47. The molecule has 0 unspecified atom stereocenters. The monoisotopic (exact) mass is 484 g/mol. The average molecular weight is 485 g/mol. The van der Waals surface area contributed by atoms with Crippen LogP contribution in [0.5, 0.6) is 0 Å². The van der Waals surface area contributed by atoms with Crippen molar-refractivity contribution in [3.05, 3.63) is 75.8 Å². The fourth-order valence-electron chi connectivity index (χ4n) is 3.18. The van der Waals surface area contributed by atoms with E-state index in [1.54, 1.807) is 6.07 Å². The van der Waals surface area contributed by atoms with Crippen molar-refractivity contribution < 1.29 is 23.1 Å². The third-order valence-corrected chi connectivity index (χ3v) is 4.93. The zero-order valence-electron chi connectivity index (χ0n) is 16.4. The Balaban J connectivity index is 0.000000360. The minimum Gasteiger partial charge on any atom is -0.475 e. The quantitative estimate of drug-likeness (QED) is 0.632. The minimum atomic E-state index is -5.08. The van der Waals surface area contributed by atoms with Crippen LogP contribution >= 0.6 is 23.2 Å².